The number of amides is 1. The molecule has 6 nitrogen and oxygen atoms in total. The zero-order valence-electron chi connectivity index (χ0n) is 11.2. The number of anilines is 1. The summed E-state index contributed by atoms with van der Waals surface area (Å²) in [6.45, 7) is 2.63. The van der Waals surface area contributed by atoms with E-state index in [4.69, 9.17) is 5.73 Å². The summed E-state index contributed by atoms with van der Waals surface area (Å²) in [4.78, 5) is 11.9. The molecule has 2 rings (SSSR count). The third kappa shape index (κ3) is 3.15. The zero-order chi connectivity index (χ0) is 13.8. The van der Waals surface area contributed by atoms with E-state index in [0.29, 0.717) is 17.9 Å². The number of carbonyl (C=O) groups excluding carboxylic acids is 1. The first-order valence-corrected chi connectivity index (χ1v) is 6.27. The lowest BCUT2D eigenvalue weighted by Gasteiger charge is -2.05. The molecule has 0 aliphatic carbocycles. The van der Waals surface area contributed by atoms with E-state index in [-0.39, 0.29) is 5.91 Å². The van der Waals surface area contributed by atoms with Crippen molar-refractivity contribution in [2.75, 3.05) is 12.3 Å². The minimum atomic E-state index is -0.0943. The molecule has 6 heteroatoms. The van der Waals surface area contributed by atoms with Gasteiger partial charge in [-0.3, -0.25) is 9.89 Å². The molecule has 0 aromatic carbocycles. The monoisotopic (exact) mass is 261 g/mol. The number of nitrogens with zero attached hydrogens (tertiary/aromatic N) is 2. The second-order valence-corrected chi connectivity index (χ2v) is 4.65. The van der Waals surface area contributed by atoms with E-state index in [1.807, 2.05) is 13.1 Å². The Morgan fingerprint density at radius 1 is 1.58 bits per heavy atom. The molecule has 0 atom stereocenters. The van der Waals surface area contributed by atoms with Gasteiger partial charge in [-0.25, -0.2) is 0 Å². The summed E-state index contributed by atoms with van der Waals surface area (Å²) in [5, 5.41) is 9.76. The number of hydrogen-bond donors (Lipinski definition) is 3. The Labute approximate surface area is 112 Å². The van der Waals surface area contributed by atoms with Crippen LogP contribution in [-0.4, -0.2) is 27.2 Å². The number of H-pyrrole nitrogens is 1. The molecule has 102 valence electrons. The summed E-state index contributed by atoms with van der Waals surface area (Å²) in [5.74, 6) is -0.0943. The molecule has 0 aliphatic rings. The maximum atomic E-state index is 11.9. The number of rotatable bonds is 5. The van der Waals surface area contributed by atoms with Gasteiger partial charge in [0, 0.05) is 25.5 Å². The van der Waals surface area contributed by atoms with Gasteiger partial charge in [0.2, 0.25) is 0 Å². The zero-order valence-corrected chi connectivity index (χ0v) is 11.2. The Morgan fingerprint density at radius 2 is 2.37 bits per heavy atom. The Kier molecular flexibility index (Phi) is 3.89. The van der Waals surface area contributed by atoms with Crippen molar-refractivity contribution < 1.29 is 4.79 Å². The lowest BCUT2D eigenvalue weighted by molar-refractivity contribution is 0.0945. The average Bonchev–Trinajstić information content (AvgIpc) is 2.91. The van der Waals surface area contributed by atoms with Crippen LogP contribution in [0.2, 0.25) is 0 Å². The highest BCUT2D eigenvalue weighted by atomic mass is 16.1. The Morgan fingerprint density at radius 3 is 2.95 bits per heavy atom. The van der Waals surface area contributed by atoms with Gasteiger partial charge in [0.05, 0.1) is 11.9 Å². The lowest BCUT2D eigenvalue weighted by atomic mass is 10.1. The smallest absolute Gasteiger partial charge is 0.267 e. The van der Waals surface area contributed by atoms with Crippen molar-refractivity contribution in [1.29, 1.82) is 0 Å². The van der Waals surface area contributed by atoms with Crippen molar-refractivity contribution in [2.24, 2.45) is 7.05 Å². The van der Waals surface area contributed by atoms with Gasteiger partial charge < -0.3 is 15.6 Å². The fourth-order valence-corrected chi connectivity index (χ4v) is 2.01. The summed E-state index contributed by atoms with van der Waals surface area (Å²) in [7, 11) is 1.81. The molecule has 19 heavy (non-hydrogen) atoms. The highest BCUT2D eigenvalue weighted by Crippen LogP contribution is 2.09. The van der Waals surface area contributed by atoms with Crippen LogP contribution in [0.15, 0.2) is 18.5 Å². The fourth-order valence-electron chi connectivity index (χ4n) is 2.01. The predicted octanol–water partition coefficient (Wildman–Crippen LogP) is 1.00. The minimum Gasteiger partial charge on any atom is -0.397 e. The number of nitrogen functional groups attached to an aromatic ring is 1. The summed E-state index contributed by atoms with van der Waals surface area (Å²) in [6.07, 6.45) is 5.34. The van der Waals surface area contributed by atoms with Crippen molar-refractivity contribution in [3.63, 3.8) is 0 Å². The number of nitrogens with two attached hydrogens (primary N) is 1. The van der Waals surface area contributed by atoms with Crippen LogP contribution in [0.3, 0.4) is 0 Å². The van der Waals surface area contributed by atoms with E-state index in [1.54, 1.807) is 23.9 Å². The summed E-state index contributed by atoms with van der Waals surface area (Å²) in [6, 6.07) is 1.68. The molecule has 0 spiro atoms. The largest absolute Gasteiger partial charge is 0.397 e. The second kappa shape index (κ2) is 5.60. The molecular formula is C13H19N5O. The molecule has 2 aromatic rings. The molecule has 0 unspecified atom stereocenters. The van der Waals surface area contributed by atoms with Gasteiger partial charge in [-0.1, -0.05) is 0 Å². The van der Waals surface area contributed by atoms with E-state index >= 15 is 0 Å². The van der Waals surface area contributed by atoms with Gasteiger partial charge in [-0.15, -0.1) is 0 Å². The van der Waals surface area contributed by atoms with Crippen LogP contribution in [0, 0.1) is 6.92 Å². The van der Waals surface area contributed by atoms with Crippen molar-refractivity contribution in [3.05, 3.63) is 35.4 Å². The van der Waals surface area contributed by atoms with Gasteiger partial charge in [0.25, 0.3) is 5.91 Å². The molecule has 0 saturated heterocycles. The molecule has 2 aromatic heterocycles. The molecule has 2 heterocycles. The summed E-state index contributed by atoms with van der Waals surface area (Å²) >= 11 is 0. The molecule has 1 amide bonds. The molecule has 0 aliphatic heterocycles. The molecule has 0 radical (unpaired) electrons. The van der Waals surface area contributed by atoms with Crippen LogP contribution in [0.4, 0.5) is 5.69 Å². The van der Waals surface area contributed by atoms with Crippen molar-refractivity contribution >= 4 is 11.6 Å². The van der Waals surface area contributed by atoms with E-state index < -0.39 is 0 Å². The highest BCUT2D eigenvalue weighted by molar-refractivity contribution is 5.93. The van der Waals surface area contributed by atoms with Crippen LogP contribution in [0.25, 0.3) is 0 Å². The van der Waals surface area contributed by atoms with Crippen molar-refractivity contribution in [3.8, 4) is 0 Å². The number of aromatic nitrogens is 3. The van der Waals surface area contributed by atoms with Gasteiger partial charge in [-0.2, -0.15) is 5.10 Å². The second-order valence-electron chi connectivity index (χ2n) is 4.65. The first kappa shape index (κ1) is 13.2. The molecule has 4 N–H and O–H groups in total. The van der Waals surface area contributed by atoms with E-state index in [2.05, 4.69) is 15.5 Å². The van der Waals surface area contributed by atoms with E-state index in [1.165, 1.54) is 5.56 Å². The fraction of sp³-hybridized carbons (Fsp3) is 0.385. The van der Waals surface area contributed by atoms with Crippen LogP contribution in [0.1, 0.15) is 28.2 Å². The molecule has 0 saturated carbocycles. The number of hydrogen-bond acceptors (Lipinski definition) is 3. The van der Waals surface area contributed by atoms with Crippen LogP contribution >= 0.6 is 0 Å². The molecule has 0 fully saturated rings. The topological polar surface area (TPSA) is 88.7 Å². The minimum absolute atomic E-state index is 0.0943. The number of aryl methyl sites for hydroxylation is 3. The maximum absolute atomic E-state index is 11.9. The molecule has 0 bridgehead atoms. The third-order valence-corrected chi connectivity index (χ3v) is 3.10. The van der Waals surface area contributed by atoms with E-state index in [0.717, 1.165) is 18.5 Å². The van der Waals surface area contributed by atoms with Gasteiger partial charge in [0.15, 0.2) is 0 Å². The average molecular weight is 261 g/mol. The van der Waals surface area contributed by atoms with Crippen LogP contribution in [0.5, 0.6) is 0 Å². The standard InChI is InChI=1S/C13H19N5O/c1-9-10(7-16-17-9)4-3-5-15-13(19)12-6-11(14)8-18(12)2/h6-8H,3-5,14H2,1-2H3,(H,15,19)(H,16,17). The Hall–Kier alpha value is -2.24. The third-order valence-electron chi connectivity index (χ3n) is 3.10. The maximum Gasteiger partial charge on any atom is 0.267 e. The first-order chi connectivity index (χ1) is 9.08. The quantitative estimate of drug-likeness (QED) is 0.701. The van der Waals surface area contributed by atoms with Crippen molar-refractivity contribution in [1.82, 2.24) is 20.1 Å². The van der Waals surface area contributed by atoms with Crippen LogP contribution < -0.4 is 11.1 Å². The summed E-state index contributed by atoms with van der Waals surface area (Å²) < 4.78 is 1.73. The number of aromatic amines is 1. The molecular weight excluding hydrogens is 242 g/mol. The SMILES string of the molecule is Cc1[nH]ncc1CCCNC(=O)c1cc(N)cn1C. The summed E-state index contributed by atoms with van der Waals surface area (Å²) in [5.41, 5.74) is 9.10. The van der Waals surface area contributed by atoms with E-state index in [9.17, 15) is 4.79 Å². The number of nitrogens with one attached hydrogen (secondary N) is 2. The van der Waals surface area contributed by atoms with Gasteiger partial charge >= 0.3 is 0 Å². The van der Waals surface area contributed by atoms with Crippen LogP contribution in [-0.2, 0) is 13.5 Å². The highest BCUT2D eigenvalue weighted by Gasteiger charge is 2.10. The van der Waals surface area contributed by atoms with Gasteiger partial charge in [0.1, 0.15) is 5.69 Å². The predicted molar refractivity (Wildman–Crippen MR) is 73.8 cm³/mol. The number of carbonyl (C=O) groups is 1. The van der Waals surface area contributed by atoms with Gasteiger partial charge in [-0.05, 0) is 31.4 Å². The normalized spacial score (nSPS) is 10.6. The lowest BCUT2D eigenvalue weighted by Crippen LogP contribution is -2.26. The Balaban J connectivity index is 1.78. The Bertz CT molecular complexity index is 569. The van der Waals surface area contributed by atoms with Crippen molar-refractivity contribution in [2.45, 2.75) is 19.8 Å². The first-order valence-electron chi connectivity index (χ1n) is 6.27.